The molecule has 2 aliphatic rings. The Morgan fingerprint density at radius 2 is 1.89 bits per heavy atom. The van der Waals surface area contributed by atoms with Crippen molar-refractivity contribution in [2.75, 3.05) is 39.8 Å². The standard InChI is InChI=1S/C20H30N4O3/c1-3-27-20(26)24-12-10-23(11-13-24)19(21-2)22-14-17-16-7-5-4-6-15(16)8-9-18(17)25/h8-9,25H,3-7,10-14H2,1-2H3,(H,21,22). The van der Waals surface area contributed by atoms with Gasteiger partial charge in [-0.15, -0.1) is 0 Å². The molecule has 0 spiro atoms. The maximum absolute atomic E-state index is 11.8. The number of fused-ring (bicyclic) bond motifs is 1. The van der Waals surface area contributed by atoms with Crippen molar-refractivity contribution in [2.45, 2.75) is 39.2 Å². The van der Waals surface area contributed by atoms with Crippen LogP contribution in [-0.2, 0) is 24.1 Å². The predicted octanol–water partition coefficient (Wildman–Crippen LogP) is 2.12. The maximum atomic E-state index is 11.8. The summed E-state index contributed by atoms with van der Waals surface area (Å²) < 4.78 is 5.07. The lowest BCUT2D eigenvalue weighted by Gasteiger charge is -2.36. The number of phenolic OH excluding ortho intramolecular Hbond substituents is 1. The lowest BCUT2D eigenvalue weighted by atomic mass is 9.88. The van der Waals surface area contributed by atoms with Gasteiger partial charge in [0.25, 0.3) is 0 Å². The van der Waals surface area contributed by atoms with Crippen LogP contribution >= 0.6 is 0 Å². The van der Waals surface area contributed by atoms with E-state index >= 15 is 0 Å². The molecule has 1 aromatic rings. The number of benzene rings is 1. The number of aryl methyl sites for hydroxylation is 1. The van der Waals surface area contributed by atoms with Gasteiger partial charge in [0, 0.05) is 45.3 Å². The molecule has 1 saturated heterocycles. The number of nitrogens with zero attached hydrogens (tertiary/aromatic N) is 3. The van der Waals surface area contributed by atoms with E-state index in [4.69, 9.17) is 4.74 Å². The molecule has 1 aliphatic carbocycles. The first-order chi connectivity index (χ1) is 13.1. The summed E-state index contributed by atoms with van der Waals surface area (Å²) in [5, 5.41) is 13.8. The number of carbonyl (C=O) groups is 1. The van der Waals surface area contributed by atoms with Crippen molar-refractivity contribution in [1.82, 2.24) is 15.1 Å². The van der Waals surface area contributed by atoms with Crippen molar-refractivity contribution >= 4 is 12.1 Å². The second-order valence-corrected chi connectivity index (χ2v) is 6.98. The van der Waals surface area contributed by atoms with Gasteiger partial charge < -0.3 is 25.0 Å². The number of aromatic hydroxyl groups is 1. The van der Waals surface area contributed by atoms with Crippen molar-refractivity contribution in [3.63, 3.8) is 0 Å². The van der Waals surface area contributed by atoms with Gasteiger partial charge in [0.2, 0.25) is 0 Å². The normalized spacial score (nSPS) is 17.5. The van der Waals surface area contributed by atoms with E-state index in [1.807, 2.05) is 13.0 Å². The molecule has 27 heavy (non-hydrogen) atoms. The highest BCUT2D eigenvalue weighted by molar-refractivity contribution is 5.80. The highest BCUT2D eigenvalue weighted by atomic mass is 16.6. The zero-order chi connectivity index (χ0) is 19.2. The van der Waals surface area contributed by atoms with Gasteiger partial charge in [-0.1, -0.05) is 6.07 Å². The molecule has 2 N–H and O–H groups in total. The zero-order valence-corrected chi connectivity index (χ0v) is 16.3. The maximum Gasteiger partial charge on any atom is 0.409 e. The number of nitrogens with one attached hydrogen (secondary N) is 1. The van der Waals surface area contributed by atoms with Crippen LogP contribution in [0.5, 0.6) is 5.75 Å². The Bertz CT molecular complexity index is 697. The van der Waals surface area contributed by atoms with E-state index in [2.05, 4.69) is 21.3 Å². The summed E-state index contributed by atoms with van der Waals surface area (Å²) in [4.78, 5) is 20.1. The summed E-state index contributed by atoms with van der Waals surface area (Å²) in [6.07, 6.45) is 4.26. The summed E-state index contributed by atoms with van der Waals surface area (Å²) >= 11 is 0. The fourth-order valence-electron chi connectivity index (χ4n) is 3.90. The molecular formula is C20H30N4O3. The van der Waals surface area contributed by atoms with Crippen molar-refractivity contribution in [2.24, 2.45) is 4.99 Å². The molecular weight excluding hydrogens is 344 g/mol. The molecule has 1 amide bonds. The molecule has 3 rings (SSSR count). The number of aliphatic imine (C=N–C) groups is 1. The highest BCUT2D eigenvalue weighted by Gasteiger charge is 2.24. The minimum atomic E-state index is -0.249. The molecule has 0 saturated carbocycles. The van der Waals surface area contributed by atoms with Crippen LogP contribution in [0.3, 0.4) is 0 Å². The number of phenols is 1. The molecule has 1 aliphatic heterocycles. The highest BCUT2D eigenvalue weighted by Crippen LogP contribution is 2.30. The second kappa shape index (κ2) is 8.97. The first kappa shape index (κ1) is 19.3. The van der Waals surface area contributed by atoms with Crippen molar-refractivity contribution in [3.8, 4) is 5.75 Å². The van der Waals surface area contributed by atoms with Gasteiger partial charge in [0.05, 0.1) is 6.61 Å². The average molecular weight is 374 g/mol. The molecule has 148 valence electrons. The molecule has 1 aromatic carbocycles. The third-order valence-corrected chi connectivity index (χ3v) is 5.37. The summed E-state index contributed by atoms with van der Waals surface area (Å²) in [5.74, 6) is 1.15. The summed E-state index contributed by atoms with van der Waals surface area (Å²) in [6.45, 7) is 5.41. The molecule has 0 atom stereocenters. The number of carbonyl (C=O) groups excluding carboxylic acids is 1. The van der Waals surface area contributed by atoms with Gasteiger partial charge >= 0.3 is 6.09 Å². The van der Waals surface area contributed by atoms with E-state index in [-0.39, 0.29) is 6.09 Å². The van der Waals surface area contributed by atoms with Crippen LogP contribution in [0.2, 0.25) is 0 Å². The van der Waals surface area contributed by atoms with Crippen LogP contribution < -0.4 is 5.32 Å². The van der Waals surface area contributed by atoms with E-state index < -0.39 is 0 Å². The lowest BCUT2D eigenvalue weighted by Crippen LogP contribution is -2.53. The Morgan fingerprint density at radius 3 is 2.59 bits per heavy atom. The number of rotatable bonds is 3. The van der Waals surface area contributed by atoms with Crippen molar-refractivity contribution in [3.05, 3.63) is 28.8 Å². The number of amides is 1. The van der Waals surface area contributed by atoms with Crippen LogP contribution in [0.1, 0.15) is 36.5 Å². The van der Waals surface area contributed by atoms with E-state index in [1.165, 1.54) is 24.0 Å². The Hall–Kier alpha value is -2.44. The Balaban J connectivity index is 1.60. The number of hydrogen-bond donors (Lipinski definition) is 2. The number of ether oxygens (including phenoxy) is 1. The molecule has 0 bridgehead atoms. The van der Waals surface area contributed by atoms with Crippen LogP contribution in [-0.4, -0.2) is 66.8 Å². The van der Waals surface area contributed by atoms with E-state index in [0.29, 0.717) is 45.1 Å². The van der Waals surface area contributed by atoms with Gasteiger partial charge in [0.1, 0.15) is 5.75 Å². The molecule has 0 unspecified atom stereocenters. The molecule has 7 heteroatoms. The fourth-order valence-corrected chi connectivity index (χ4v) is 3.90. The van der Waals surface area contributed by atoms with Crippen LogP contribution in [0.25, 0.3) is 0 Å². The first-order valence-corrected chi connectivity index (χ1v) is 9.84. The van der Waals surface area contributed by atoms with Crippen molar-refractivity contribution in [1.29, 1.82) is 0 Å². The number of guanidine groups is 1. The Kier molecular flexibility index (Phi) is 6.42. The third kappa shape index (κ3) is 4.46. The predicted molar refractivity (Wildman–Crippen MR) is 105 cm³/mol. The van der Waals surface area contributed by atoms with Crippen LogP contribution in [0.4, 0.5) is 4.79 Å². The molecule has 7 nitrogen and oxygen atoms in total. The smallest absolute Gasteiger partial charge is 0.409 e. The van der Waals surface area contributed by atoms with Crippen LogP contribution in [0.15, 0.2) is 17.1 Å². The first-order valence-electron chi connectivity index (χ1n) is 9.84. The second-order valence-electron chi connectivity index (χ2n) is 6.98. The van der Waals surface area contributed by atoms with Gasteiger partial charge in [-0.2, -0.15) is 0 Å². The lowest BCUT2D eigenvalue weighted by molar-refractivity contribution is 0.0914. The van der Waals surface area contributed by atoms with Crippen LogP contribution in [0, 0.1) is 0 Å². The van der Waals surface area contributed by atoms with E-state index in [1.54, 1.807) is 11.9 Å². The summed E-state index contributed by atoms with van der Waals surface area (Å²) in [5.41, 5.74) is 3.63. The Labute approximate surface area is 161 Å². The number of piperazine rings is 1. The SMILES string of the molecule is CCOC(=O)N1CCN(C(=NC)NCc2c(O)ccc3c2CCCC3)CC1. The monoisotopic (exact) mass is 374 g/mol. The molecule has 0 aromatic heterocycles. The average Bonchev–Trinajstić information content (AvgIpc) is 2.70. The zero-order valence-electron chi connectivity index (χ0n) is 16.3. The molecule has 1 heterocycles. The quantitative estimate of drug-likeness (QED) is 0.626. The topological polar surface area (TPSA) is 77.4 Å². The van der Waals surface area contributed by atoms with Crippen molar-refractivity contribution < 1.29 is 14.6 Å². The minimum Gasteiger partial charge on any atom is -0.508 e. The third-order valence-electron chi connectivity index (χ3n) is 5.37. The van der Waals surface area contributed by atoms with Gasteiger partial charge in [0.15, 0.2) is 5.96 Å². The summed E-state index contributed by atoms with van der Waals surface area (Å²) in [7, 11) is 1.76. The summed E-state index contributed by atoms with van der Waals surface area (Å²) in [6, 6.07) is 3.86. The molecule has 1 fully saturated rings. The van der Waals surface area contributed by atoms with Gasteiger partial charge in [-0.3, -0.25) is 4.99 Å². The van der Waals surface area contributed by atoms with E-state index in [9.17, 15) is 9.90 Å². The van der Waals surface area contributed by atoms with Gasteiger partial charge in [-0.05, 0) is 49.8 Å². The number of hydrogen-bond acceptors (Lipinski definition) is 4. The van der Waals surface area contributed by atoms with Gasteiger partial charge in [-0.25, -0.2) is 4.79 Å². The Morgan fingerprint density at radius 1 is 1.19 bits per heavy atom. The largest absolute Gasteiger partial charge is 0.508 e. The minimum absolute atomic E-state index is 0.249. The van der Waals surface area contributed by atoms with E-state index in [0.717, 1.165) is 24.4 Å². The molecule has 0 radical (unpaired) electrons. The fraction of sp³-hybridized carbons (Fsp3) is 0.600.